The summed E-state index contributed by atoms with van der Waals surface area (Å²) in [5.74, 6) is -3.91. The first-order valence-corrected chi connectivity index (χ1v) is 19.0. The fourth-order valence-corrected chi connectivity index (χ4v) is 6.23. The van der Waals surface area contributed by atoms with Gasteiger partial charge >= 0.3 is 11.9 Å². The van der Waals surface area contributed by atoms with Crippen molar-refractivity contribution >= 4 is 35.2 Å². The van der Waals surface area contributed by atoms with Crippen molar-refractivity contribution < 1.29 is 38.1 Å². The first-order chi connectivity index (χ1) is 25.4. The molecule has 0 saturated carbocycles. The van der Waals surface area contributed by atoms with Crippen LogP contribution in [0.25, 0.3) is 0 Å². The molecule has 0 saturated heterocycles. The molecule has 10 nitrogen and oxygen atoms in total. The molecule has 0 fully saturated rings. The first-order valence-electron chi connectivity index (χ1n) is 18.6. The maximum atomic E-state index is 14.8. The van der Waals surface area contributed by atoms with E-state index in [1.807, 2.05) is 103 Å². The van der Waals surface area contributed by atoms with Crippen LogP contribution in [0.1, 0.15) is 104 Å². The van der Waals surface area contributed by atoms with Crippen molar-refractivity contribution in [2.75, 3.05) is 6.61 Å². The van der Waals surface area contributed by atoms with Gasteiger partial charge in [-0.3, -0.25) is 14.4 Å². The third kappa shape index (κ3) is 13.6. The highest BCUT2D eigenvalue weighted by Crippen LogP contribution is 2.44. The molecule has 1 unspecified atom stereocenters. The highest BCUT2D eigenvalue weighted by Gasteiger charge is 2.45. The van der Waals surface area contributed by atoms with Crippen molar-refractivity contribution in [3.05, 3.63) is 106 Å². The number of halogens is 1. The van der Waals surface area contributed by atoms with Crippen LogP contribution < -0.4 is 11.1 Å². The molecule has 0 bridgehead atoms. The van der Waals surface area contributed by atoms with Crippen LogP contribution in [-0.4, -0.2) is 65.2 Å². The van der Waals surface area contributed by atoms with E-state index in [1.165, 1.54) is 0 Å². The van der Waals surface area contributed by atoms with Crippen molar-refractivity contribution in [1.82, 2.24) is 5.32 Å². The van der Waals surface area contributed by atoms with Crippen LogP contribution in [-0.2, 0) is 43.7 Å². The van der Waals surface area contributed by atoms with Gasteiger partial charge < -0.3 is 30.0 Å². The number of hydrogen-bond acceptors (Lipinski definition) is 9. The molecule has 55 heavy (non-hydrogen) atoms. The van der Waals surface area contributed by atoms with Crippen LogP contribution in [0.2, 0.25) is 5.02 Å². The van der Waals surface area contributed by atoms with Crippen LogP contribution in [0.5, 0.6) is 0 Å². The second-order valence-electron chi connectivity index (χ2n) is 16.9. The molecule has 0 heterocycles. The molecule has 5 atom stereocenters. The number of ketones is 1. The second-order valence-corrected chi connectivity index (χ2v) is 17.3. The summed E-state index contributed by atoms with van der Waals surface area (Å²) < 4.78 is 24.1. The van der Waals surface area contributed by atoms with E-state index < -0.39 is 76.6 Å². The molecule has 0 aliphatic carbocycles. The number of rotatable bonds is 16. The van der Waals surface area contributed by atoms with E-state index in [9.17, 15) is 19.2 Å². The third-order valence-corrected chi connectivity index (χ3v) is 8.82. The standard InChI is InChI=1S/C44H59ClN2O8/c1-28-21-23-32(24-22-28)44(31-17-13-12-14-18-31,33-19-15-16-20-34(33)45)55-40(51)35(26-37(49)54-43(9,10)11)47-39(50)30(27-52-41(3,4)5)25-36(48)38(46)29(2)53-42(6,7)8/h12-24,29-30,35,38H,25-27,46H2,1-11H3,(H,47,50)/t29-,30+,35+,38+,44?/m1/s1. The minimum atomic E-state index is -1.62. The van der Waals surface area contributed by atoms with Crippen LogP contribution in [0, 0.1) is 12.8 Å². The molecule has 3 aromatic rings. The Balaban J connectivity index is 2.13. The van der Waals surface area contributed by atoms with Crippen molar-refractivity contribution in [2.45, 2.75) is 130 Å². The summed E-state index contributed by atoms with van der Waals surface area (Å²) in [6, 6.07) is 21.0. The number of nitrogens with one attached hydrogen (secondary N) is 1. The predicted molar refractivity (Wildman–Crippen MR) is 215 cm³/mol. The summed E-state index contributed by atoms with van der Waals surface area (Å²) >= 11 is 6.89. The van der Waals surface area contributed by atoms with Gasteiger partial charge in [-0.2, -0.15) is 0 Å². The number of amides is 1. The maximum absolute atomic E-state index is 14.8. The lowest BCUT2D eigenvalue weighted by Crippen LogP contribution is -2.51. The number of esters is 2. The maximum Gasteiger partial charge on any atom is 0.330 e. The monoisotopic (exact) mass is 778 g/mol. The molecule has 0 spiro atoms. The van der Waals surface area contributed by atoms with Crippen molar-refractivity contribution in [3.63, 3.8) is 0 Å². The first kappa shape index (κ1) is 45.3. The molecule has 0 aliphatic heterocycles. The minimum absolute atomic E-state index is 0.173. The summed E-state index contributed by atoms with van der Waals surface area (Å²) in [5, 5.41) is 3.06. The Hall–Kier alpha value is -4.09. The topological polar surface area (TPSA) is 143 Å². The molecule has 0 aromatic heterocycles. The second kappa shape index (κ2) is 18.7. The highest BCUT2D eigenvalue weighted by atomic mass is 35.5. The van der Waals surface area contributed by atoms with Gasteiger partial charge in [0.1, 0.15) is 11.6 Å². The van der Waals surface area contributed by atoms with Crippen LogP contribution in [0.15, 0.2) is 78.9 Å². The van der Waals surface area contributed by atoms with Gasteiger partial charge in [-0.05, 0) is 82.2 Å². The smallest absolute Gasteiger partial charge is 0.330 e. The fourth-order valence-electron chi connectivity index (χ4n) is 5.96. The van der Waals surface area contributed by atoms with Gasteiger partial charge in [0, 0.05) is 28.1 Å². The van der Waals surface area contributed by atoms with Crippen molar-refractivity contribution in [1.29, 1.82) is 0 Å². The average Bonchev–Trinajstić information content (AvgIpc) is 3.07. The van der Waals surface area contributed by atoms with Crippen LogP contribution in [0.3, 0.4) is 0 Å². The van der Waals surface area contributed by atoms with Crippen LogP contribution in [0.4, 0.5) is 0 Å². The Morgan fingerprint density at radius 3 is 1.84 bits per heavy atom. The highest BCUT2D eigenvalue weighted by molar-refractivity contribution is 6.31. The van der Waals surface area contributed by atoms with E-state index in [-0.39, 0.29) is 13.0 Å². The Labute approximate surface area is 331 Å². The Morgan fingerprint density at radius 2 is 1.29 bits per heavy atom. The number of benzene rings is 3. The molecule has 11 heteroatoms. The molecule has 3 aromatic carbocycles. The normalized spacial score (nSPS) is 15.5. The number of nitrogens with two attached hydrogens (primary N) is 1. The van der Waals surface area contributed by atoms with E-state index in [1.54, 1.807) is 52.0 Å². The van der Waals surface area contributed by atoms with Crippen molar-refractivity contribution in [3.8, 4) is 0 Å². The Morgan fingerprint density at radius 1 is 0.727 bits per heavy atom. The van der Waals surface area contributed by atoms with E-state index in [0.29, 0.717) is 21.7 Å². The summed E-state index contributed by atoms with van der Waals surface area (Å²) in [5.41, 5.74) is 5.19. The number of aryl methyl sites for hydroxylation is 1. The molecule has 3 rings (SSSR count). The Kier molecular flexibility index (Phi) is 15.4. The number of Topliss-reactive ketones (excluding diaryl/α,β-unsaturated/α-hetero) is 1. The van der Waals surface area contributed by atoms with Crippen LogP contribution >= 0.6 is 11.6 Å². The zero-order valence-corrected chi connectivity index (χ0v) is 34.9. The fraction of sp³-hybridized carbons (Fsp3) is 0.500. The number of hydrogen-bond donors (Lipinski definition) is 2. The average molecular weight is 779 g/mol. The zero-order valence-electron chi connectivity index (χ0n) is 34.2. The van der Waals surface area contributed by atoms with E-state index in [4.69, 9.17) is 36.3 Å². The third-order valence-electron chi connectivity index (χ3n) is 8.49. The molecule has 0 radical (unpaired) electrons. The lowest BCUT2D eigenvalue weighted by atomic mass is 9.79. The summed E-state index contributed by atoms with van der Waals surface area (Å²) in [7, 11) is 0. The summed E-state index contributed by atoms with van der Waals surface area (Å²) in [6.07, 6.45) is -1.53. The number of carbonyl (C=O) groups is 4. The van der Waals surface area contributed by atoms with E-state index in [2.05, 4.69) is 5.32 Å². The minimum Gasteiger partial charge on any atom is -0.460 e. The summed E-state index contributed by atoms with van der Waals surface area (Å²) in [6.45, 7) is 19.6. The zero-order chi connectivity index (χ0) is 41.4. The number of ether oxygens (including phenoxy) is 4. The van der Waals surface area contributed by atoms with E-state index >= 15 is 0 Å². The number of carbonyl (C=O) groups excluding carboxylic acids is 4. The van der Waals surface area contributed by atoms with Gasteiger partial charge in [-0.15, -0.1) is 0 Å². The van der Waals surface area contributed by atoms with Gasteiger partial charge in [0.05, 0.1) is 42.3 Å². The lowest BCUT2D eigenvalue weighted by molar-refractivity contribution is -0.165. The quantitative estimate of drug-likeness (QED) is 0.111. The molecular weight excluding hydrogens is 720 g/mol. The van der Waals surface area contributed by atoms with Gasteiger partial charge in [0.25, 0.3) is 0 Å². The van der Waals surface area contributed by atoms with Gasteiger partial charge in [-0.25, -0.2) is 4.79 Å². The Bertz CT molecular complexity index is 1760. The van der Waals surface area contributed by atoms with E-state index in [0.717, 1.165) is 5.56 Å². The largest absolute Gasteiger partial charge is 0.460 e. The molecule has 0 aliphatic rings. The van der Waals surface area contributed by atoms with Gasteiger partial charge in [0.15, 0.2) is 11.4 Å². The SMILES string of the molecule is Cc1ccc(C(OC(=O)[C@H](CC(=O)OC(C)(C)C)NC(=O)[C@H](COC(C)(C)C)CC(=O)[C@@H](N)[C@@H](C)OC(C)(C)C)(c2ccccc2)c2ccccc2Cl)cc1. The molecule has 3 N–H and O–H groups in total. The summed E-state index contributed by atoms with van der Waals surface area (Å²) in [4.78, 5) is 56.0. The lowest BCUT2D eigenvalue weighted by Gasteiger charge is -2.37. The van der Waals surface area contributed by atoms with Gasteiger partial charge in [-0.1, -0.05) is 90.0 Å². The predicted octanol–water partition coefficient (Wildman–Crippen LogP) is 7.62. The van der Waals surface area contributed by atoms with Gasteiger partial charge in [0.2, 0.25) is 5.91 Å². The molecule has 300 valence electrons. The molecular formula is C44H59ClN2O8. The van der Waals surface area contributed by atoms with Crippen molar-refractivity contribution in [2.24, 2.45) is 11.7 Å². The molecule has 1 amide bonds.